The maximum atomic E-state index is 16.6. The van der Waals surface area contributed by atoms with Crippen LogP contribution in [0.3, 0.4) is 0 Å². The first-order valence-electron chi connectivity index (χ1n) is 13.9. The van der Waals surface area contributed by atoms with E-state index in [-0.39, 0.29) is 16.8 Å². The zero-order valence-corrected chi connectivity index (χ0v) is 22.9. The van der Waals surface area contributed by atoms with Crippen LogP contribution in [0.5, 0.6) is 0 Å². The van der Waals surface area contributed by atoms with E-state index >= 15 is 4.39 Å². The van der Waals surface area contributed by atoms with Gasteiger partial charge in [-0.05, 0) is 37.9 Å². The molecule has 4 aromatic rings. The highest BCUT2D eigenvalue weighted by atomic mass is 19.1. The summed E-state index contributed by atoms with van der Waals surface area (Å²) < 4.78 is 31.3. The zero-order chi connectivity index (χ0) is 27.8. The number of fused-ring (bicyclic) bond motifs is 2. The Morgan fingerprint density at radius 2 is 1.93 bits per heavy atom. The van der Waals surface area contributed by atoms with Gasteiger partial charge < -0.3 is 20.0 Å². The highest BCUT2D eigenvalue weighted by Gasteiger charge is 2.25. The number of nitrogens with one attached hydrogen (secondary N) is 1. The second-order valence-electron chi connectivity index (χ2n) is 10.8. The van der Waals surface area contributed by atoms with E-state index in [1.807, 2.05) is 13.1 Å². The molecule has 4 heterocycles. The monoisotopic (exact) mass is 541 g/mol. The first-order chi connectivity index (χ1) is 19.4. The number of aromatic nitrogens is 3. The van der Waals surface area contributed by atoms with Gasteiger partial charge in [-0.3, -0.25) is 4.98 Å². The smallest absolute Gasteiger partial charge is 0.228 e. The second kappa shape index (κ2) is 11.0. The van der Waals surface area contributed by atoms with Crippen LogP contribution in [0.15, 0.2) is 36.5 Å². The molecule has 0 unspecified atom stereocenters. The van der Waals surface area contributed by atoms with Gasteiger partial charge in [0.2, 0.25) is 5.95 Å². The quantitative estimate of drug-likeness (QED) is 0.375. The number of hydrogen-bond donors (Lipinski definition) is 1. The summed E-state index contributed by atoms with van der Waals surface area (Å²) in [5.41, 5.74) is 0.815. The summed E-state index contributed by atoms with van der Waals surface area (Å²) in [5.74, 6) is 2.51. The number of piperidine rings is 1. The number of rotatable bonds is 5. The minimum atomic E-state index is -0.569. The molecule has 0 aliphatic carbocycles. The van der Waals surface area contributed by atoms with Gasteiger partial charge in [0, 0.05) is 63.0 Å². The summed E-state index contributed by atoms with van der Waals surface area (Å²) >= 11 is 0. The SMILES string of the molecule is C#Cc1c(F)ccc2cccc(-c3ncc4c(N(C)C[C@H]5CCCCN5)nc(N5CCN(C)CC5)nc4c3F)c12. The Morgan fingerprint density at radius 1 is 1.10 bits per heavy atom. The summed E-state index contributed by atoms with van der Waals surface area (Å²) in [6.07, 6.45) is 10.8. The molecule has 2 saturated heterocycles. The summed E-state index contributed by atoms with van der Waals surface area (Å²) in [6, 6.07) is 8.68. The van der Waals surface area contributed by atoms with Crippen LogP contribution >= 0.6 is 0 Å². The van der Waals surface area contributed by atoms with Crippen molar-refractivity contribution in [3.63, 3.8) is 0 Å². The molecule has 0 radical (unpaired) electrons. The lowest BCUT2D eigenvalue weighted by Gasteiger charge is -2.33. The van der Waals surface area contributed by atoms with Gasteiger partial charge in [0.15, 0.2) is 5.82 Å². The molecule has 40 heavy (non-hydrogen) atoms. The Hall–Kier alpha value is -3.87. The van der Waals surface area contributed by atoms with Crippen LogP contribution in [0.2, 0.25) is 0 Å². The number of anilines is 2. The van der Waals surface area contributed by atoms with Crippen LogP contribution in [0, 0.1) is 24.0 Å². The molecule has 1 N–H and O–H groups in total. The van der Waals surface area contributed by atoms with Gasteiger partial charge in [-0.1, -0.05) is 36.6 Å². The van der Waals surface area contributed by atoms with E-state index in [0.717, 1.165) is 51.1 Å². The van der Waals surface area contributed by atoms with Crippen molar-refractivity contribution >= 4 is 33.4 Å². The van der Waals surface area contributed by atoms with Crippen molar-refractivity contribution in [1.82, 2.24) is 25.2 Å². The summed E-state index contributed by atoms with van der Waals surface area (Å²) in [6.45, 7) is 5.00. The van der Waals surface area contributed by atoms with Crippen LogP contribution in [-0.4, -0.2) is 79.3 Å². The Balaban J connectivity index is 1.52. The average molecular weight is 542 g/mol. The Kier molecular flexibility index (Phi) is 7.22. The van der Waals surface area contributed by atoms with Crippen molar-refractivity contribution in [2.24, 2.45) is 0 Å². The molecule has 2 aliphatic heterocycles. The Bertz CT molecular complexity index is 1600. The minimum Gasteiger partial charge on any atom is -0.357 e. The van der Waals surface area contributed by atoms with Gasteiger partial charge in [-0.2, -0.15) is 4.98 Å². The van der Waals surface area contributed by atoms with Crippen molar-refractivity contribution in [2.45, 2.75) is 25.3 Å². The number of nitrogens with zero attached hydrogens (tertiary/aromatic N) is 6. The molecule has 2 aromatic carbocycles. The third kappa shape index (κ3) is 4.82. The summed E-state index contributed by atoms with van der Waals surface area (Å²) in [5, 5.41) is 5.31. The van der Waals surface area contributed by atoms with Crippen LogP contribution < -0.4 is 15.1 Å². The highest BCUT2D eigenvalue weighted by Crippen LogP contribution is 2.36. The molecule has 9 heteroatoms. The molecule has 1 atom stereocenters. The maximum Gasteiger partial charge on any atom is 0.228 e. The number of terminal acetylenes is 1. The standard InChI is InChI=1S/C31H33F2N7/c1-4-22-25(32)12-11-20-8-7-10-23(26(20)22)28-27(33)29-24(18-35-28)30(39(3)19-21-9-5-6-13-34-21)37-31(36-29)40-16-14-38(2)15-17-40/h1,7-8,10-12,18,21,34H,5-6,9,13-17,19H2,2-3H3/t21-/m1/s1. The fraction of sp³-hybridized carbons (Fsp3) is 0.387. The predicted molar refractivity (Wildman–Crippen MR) is 157 cm³/mol. The van der Waals surface area contributed by atoms with Gasteiger partial charge in [0.25, 0.3) is 0 Å². The minimum absolute atomic E-state index is 0.0887. The molecule has 206 valence electrons. The summed E-state index contributed by atoms with van der Waals surface area (Å²) in [4.78, 5) is 20.7. The van der Waals surface area contributed by atoms with Crippen LogP contribution in [0.25, 0.3) is 32.9 Å². The molecule has 6 rings (SSSR count). The number of pyridine rings is 1. The van der Waals surface area contributed by atoms with Crippen molar-refractivity contribution in [3.05, 3.63) is 53.7 Å². The Morgan fingerprint density at radius 3 is 2.67 bits per heavy atom. The van der Waals surface area contributed by atoms with Crippen molar-refractivity contribution < 1.29 is 8.78 Å². The highest BCUT2D eigenvalue weighted by molar-refractivity contribution is 6.02. The van der Waals surface area contributed by atoms with Crippen LogP contribution in [-0.2, 0) is 0 Å². The Labute approximate surface area is 233 Å². The molecule has 2 fully saturated rings. The zero-order valence-electron chi connectivity index (χ0n) is 22.9. The van der Waals surface area contributed by atoms with Crippen LogP contribution in [0.4, 0.5) is 20.5 Å². The fourth-order valence-corrected chi connectivity index (χ4v) is 5.85. The van der Waals surface area contributed by atoms with E-state index in [4.69, 9.17) is 16.4 Å². The normalized spacial score (nSPS) is 18.3. The lowest BCUT2D eigenvalue weighted by Crippen LogP contribution is -2.45. The van der Waals surface area contributed by atoms with Crippen molar-refractivity contribution in [2.75, 3.05) is 63.2 Å². The van der Waals surface area contributed by atoms with Gasteiger partial charge in [0.05, 0.1) is 10.9 Å². The summed E-state index contributed by atoms with van der Waals surface area (Å²) in [7, 11) is 4.08. The second-order valence-corrected chi connectivity index (χ2v) is 10.8. The largest absolute Gasteiger partial charge is 0.357 e. The van der Waals surface area contributed by atoms with E-state index in [2.05, 4.69) is 38.0 Å². The third-order valence-electron chi connectivity index (χ3n) is 8.10. The number of benzene rings is 2. The van der Waals surface area contributed by atoms with Crippen molar-refractivity contribution in [1.29, 1.82) is 0 Å². The number of piperazine rings is 1. The fourth-order valence-electron chi connectivity index (χ4n) is 5.85. The first-order valence-corrected chi connectivity index (χ1v) is 13.9. The van der Waals surface area contributed by atoms with E-state index in [1.54, 1.807) is 24.4 Å². The average Bonchev–Trinajstić information content (AvgIpc) is 2.97. The van der Waals surface area contributed by atoms with Gasteiger partial charge in [0.1, 0.15) is 22.8 Å². The van der Waals surface area contributed by atoms with Crippen LogP contribution in [0.1, 0.15) is 24.8 Å². The van der Waals surface area contributed by atoms with Crippen molar-refractivity contribution in [3.8, 4) is 23.6 Å². The van der Waals surface area contributed by atoms with E-state index in [0.29, 0.717) is 34.1 Å². The van der Waals surface area contributed by atoms with Gasteiger partial charge in [-0.15, -0.1) is 6.42 Å². The molecular formula is C31H33F2N7. The van der Waals surface area contributed by atoms with Gasteiger partial charge >= 0.3 is 0 Å². The molecular weight excluding hydrogens is 508 g/mol. The lowest BCUT2D eigenvalue weighted by molar-refractivity contribution is 0.311. The molecule has 0 spiro atoms. The maximum absolute atomic E-state index is 16.6. The van der Waals surface area contributed by atoms with E-state index < -0.39 is 11.6 Å². The third-order valence-corrected chi connectivity index (χ3v) is 8.10. The molecule has 0 saturated carbocycles. The first kappa shape index (κ1) is 26.4. The number of halogens is 2. The molecule has 0 amide bonds. The lowest BCUT2D eigenvalue weighted by atomic mass is 9.96. The molecule has 7 nitrogen and oxygen atoms in total. The van der Waals surface area contributed by atoms with E-state index in [1.165, 1.54) is 18.9 Å². The number of hydrogen-bond acceptors (Lipinski definition) is 7. The molecule has 2 aliphatic rings. The predicted octanol–water partition coefficient (Wildman–Crippen LogP) is 4.43. The molecule has 2 aromatic heterocycles. The van der Waals surface area contributed by atoms with E-state index in [9.17, 15) is 4.39 Å². The molecule has 0 bridgehead atoms. The topological polar surface area (TPSA) is 60.4 Å². The van der Waals surface area contributed by atoms with Gasteiger partial charge in [-0.25, -0.2) is 13.8 Å². The number of likely N-dealkylation sites (N-methyl/N-ethyl adjacent to an activating group) is 2.